The SMILES string of the molecule is CCc1cc2n(c1)Sc1ccc(C(=O)NCC[C@@H]3COCCO3)cc1NC2=O. The van der Waals surface area contributed by atoms with Crippen LogP contribution in [0.4, 0.5) is 5.69 Å². The van der Waals surface area contributed by atoms with E-state index in [-0.39, 0.29) is 17.9 Å². The maximum absolute atomic E-state index is 12.6. The molecule has 2 N–H and O–H groups in total. The molecule has 28 heavy (non-hydrogen) atoms. The van der Waals surface area contributed by atoms with Gasteiger partial charge in [0, 0.05) is 18.3 Å². The lowest BCUT2D eigenvalue weighted by atomic mass is 10.1. The minimum atomic E-state index is -0.170. The lowest BCUT2D eigenvalue weighted by molar-refractivity contribution is -0.0899. The van der Waals surface area contributed by atoms with Gasteiger partial charge in [-0.05, 0) is 54.6 Å². The molecule has 0 unspecified atom stereocenters. The average Bonchev–Trinajstić information content (AvgIpc) is 3.07. The number of aryl methyl sites for hydroxylation is 1. The molecule has 148 valence electrons. The molecule has 2 amide bonds. The van der Waals surface area contributed by atoms with Crippen LogP contribution in [0.25, 0.3) is 0 Å². The van der Waals surface area contributed by atoms with Gasteiger partial charge in [-0.15, -0.1) is 0 Å². The van der Waals surface area contributed by atoms with E-state index in [4.69, 9.17) is 9.47 Å². The molecule has 0 aliphatic carbocycles. The molecule has 1 atom stereocenters. The van der Waals surface area contributed by atoms with E-state index >= 15 is 0 Å². The topological polar surface area (TPSA) is 81.6 Å². The zero-order valence-corrected chi connectivity index (χ0v) is 16.5. The molecule has 0 bridgehead atoms. The zero-order valence-electron chi connectivity index (χ0n) is 15.7. The van der Waals surface area contributed by atoms with E-state index in [1.807, 2.05) is 22.3 Å². The number of nitrogens with one attached hydrogen (secondary N) is 2. The molecule has 1 saturated heterocycles. The van der Waals surface area contributed by atoms with Gasteiger partial charge in [0.25, 0.3) is 11.8 Å². The molecule has 8 heteroatoms. The van der Waals surface area contributed by atoms with Crippen LogP contribution in [0, 0.1) is 0 Å². The molecule has 0 radical (unpaired) electrons. The number of amides is 2. The van der Waals surface area contributed by atoms with Crippen molar-refractivity contribution >= 4 is 29.4 Å². The van der Waals surface area contributed by atoms with Crippen LogP contribution in [-0.2, 0) is 15.9 Å². The van der Waals surface area contributed by atoms with Crippen molar-refractivity contribution in [2.45, 2.75) is 30.8 Å². The number of aromatic nitrogens is 1. The summed E-state index contributed by atoms with van der Waals surface area (Å²) in [5.41, 5.74) is 2.89. The highest BCUT2D eigenvalue weighted by atomic mass is 32.2. The van der Waals surface area contributed by atoms with Gasteiger partial charge in [-0.25, -0.2) is 0 Å². The Morgan fingerprint density at radius 3 is 3.04 bits per heavy atom. The summed E-state index contributed by atoms with van der Waals surface area (Å²) in [5, 5.41) is 5.83. The van der Waals surface area contributed by atoms with Crippen LogP contribution >= 0.6 is 11.9 Å². The van der Waals surface area contributed by atoms with Crippen LogP contribution in [0.5, 0.6) is 0 Å². The molecule has 1 aromatic heterocycles. The lowest BCUT2D eigenvalue weighted by Crippen LogP contribution is -2.33. The van der Waals surface area contributed by atoms with E-state index in [1.54, 1.807) is 12.1 Å². The fourth-order valence-corrected chi connectivity index (χ4v) is 4.20. The van der Waals surface area contributed by atoms with Crippen LogP contribution < -0.4 is 10.6 Å². The van der Waals surface area contributed by atoms with Crippen molar-refractivity contribution in [1.29, 1.82) is 0 Å². The molecule has 1 aromatic carbocycles. The molecule has 0 spiro atoms. The highest BCUT2D eigenvalue weighted by Gasteiger charge is 2.22. The van der Waals surface area contributed by atoms with E-state index in [9.17, 15) is 9.59 Å². The number of carbonyl (C=O) groups excluding carboxylic acids is 2. The fourth-order valence-electron chi connectivity index (χ4n) is 3.22. The number of nitrogens with zero attached hydrogens (tertiary/aromatic N) is 1. The first kappa shape index (κ1) is 19.0. The van der Waals surface area contributed by atoms with Gasteiger partial charge in [-0.3, -0.25) is 13.6 Å². The first-order valence-corrected chi connectivity index (χ1v) is 10.2. The quantitative estimate of drug-likeness (QED) is 0.805. The predicted octanol–water partition coefficient (Wildman–Crippen LogP) is 2.71. The molecular formula is C20H23N3O4S. The largest absolute Gasteiger partial charge is 0.376 e. The molecule has 3 heterocycles. The molecule has 7 nitrogen and oxygen atoms in total. The van der Waals surface area contributed by atoms with E-state index in [1.165, 1.54) is 11.9 Å². The Kier molecular flexibility index (Phi) is 5.70. The normalized spacial score (nSPS) is 18.6. The Balaban J connectivity index is 1.42. The van der Waals surface area contributed by atoms with Crippen LogP contribution in [0.3, 0.4) is 0 Å². The molecular weight excluding hydrogens is 378 g/mol. The van der Waals surface area contributed by atoms with Gasteiger partial charge in [-0.1, -0.05) is 6.92 Å². The number of carbonyl (C=O) groups is 2. The second kappa shape index (κ2) is 8.38. The van der Waals surface area contributed by atoms with Crippen LogP contribution in [0.15, 0.2) is 35.4 Å². The third kappa shape index (κ3) is 4.09. The van der Waals surface area contributed by atoms with Crippen molar-refractivity contribution in [3.63, 3.8) is 0 Å². The van der Waals surface area contributed by atoms with Crippen molar-refractivity contribution < 1.29 is 19.1 Å². The summed E-state index contributed by atoms with van der Waals surface area (Å²) in [4.78, 5) is 25.9. The number of ether oxygens (including phenoxy) is 2. The maximum atomic E-state index is 12.6. The first-order valence-electron chi connectivity index (χ1n) is 9.46. The second-order valence-electron chi connectivity index (χ2n) is 6.78. The Morgan fingerprint density at radius 2 is 2.25 bits per heavy atom. The number of hydrogen-bond donors (Lipinski definition) is 2. The number of hydrogen-bond acceptors (Lipinski definition) is 5. The summed E-state index contributed by atoms with van der Waals surface area (Å²) in [7, 11) is 0. The van der Waals surface area contributed by atoms with Gasteiger partial charge < -0.3 is 20.1 Å². The van der Waals surface area contributed by atoms with Crippen molar-refractivity contribution in [3.05, 3.63) is 47.3 Å². The standard InChI is InChI=1S/C20H23N3O4S/c1-2-13-9-17-20(25)22-16-10-14(3-4-18(16)28-23(17)11-13)19(24)21-6-5-15-12-26-7-8-27-15/h3-4,9-11,15H,2,5-8,12H2,1H3,(H,21,24)(H,22,25)/t15-/m1/s1. The molecule has 0 saturated carbocycles. The Bertz CT molecular complexity index is 890. The van der Waals surface area contributed by atoms with E-state index in [0.29, 0.717) is 49.7 Å². The highest BCUT2D eigenvalue weighted by Crippen LogP contribution is 2.34. The summed E-state index contributed by atoms with van der Waals surface area (Å²) < 4.78 is 12.8. The summed E-state index contributed by atoms with van der Waals surface area (Å²) >= 11 is 1.47. The third-order valence-corrected chi connectivity index (χ3v) is 5.86. The number of rotatable bonds is 5. The minimum absolute atomic E-state index is 0.0274. The van der Waals surface area contributed by atoms with E-state index in [0.717, 1.165) is 16.9 Å². The smallest absolute Gasteiger partial charge is 0.273 e. The van der Waals surface area contributed by atoms with Gasteiger partial charge in [0.15, 0.2) is 0 Å². The van der Waals surface area contributed by atoms with Gasteiger partial charge in [0.2, 0.25) is 0 Å². The summed E-state index contributed by atoms with van der Waals surface area (Å²) in [6.07, 6.45) is 3.59. The van der Waals surface area contributed by atoms with E-state index in [2.05, 4.69) is 17.6 Å². The van der Waals surface area contributed by atoms with Crippen LogP contribution in [0.2, 0.25) is 0 Å². The second-order valence-corrected chi connectivity index (χ2v) is 7.80. The summed E-state index contributed by atoms with van der Waals surface area (Å²) in [5.74, 6) is -0.339. The summed E-state index contributed by atoms with van der Waals surface area (Å²) in [6.45, 7) is 4.37. The van der Waals surface area contributed by atoms with Crippen molar-refractivity contribution in [1.82, 2.24) is 9.29 Å². The van der Waals surface area contributed by atoms with Crippen molar-refractivity contribution in [2.75, 3.05) is 31.7 Å². The average molecular weight is 401 g/mol. The lowest BCUT2D eigenvalue weighted by Gasteiger charge is -2.22. The zero-order chi connectivity index (χ0) is 19.5. The molecule has 2 aliphatic rings. The maximum Gasteiger partial charge on any atom is 0.273 e. The van der Waals surface area contributed by atoms with Crippen LogP contribution in [0.1, 0.15) is 39.8 Å². The monoisotopic (exact) mass is 401 g/mol. The Labute approximate surface area is 167 Å². The number of benzene rings is 1. The fraction of sp³-hybridized carbons (Fsp3) is 0.400. The summed E-state index contributed by atoms with van der Waals surface area (Å²) in [6, 6.07) is 7.28. The van der Waals surface area contributed by atoms with Crippen molar-refractivity contribution in [3.8, 4) is 0 Å². The van der Waals surface area contributed by atoms with Gasteiger partial charge in [0.1, 0.15) is 5.69 Å². The minimum Gasteiger partial charge on any atom is -0.376 e. The molecule has 2 aliphatic heterocycles. The first-order chi connectivity index (χ1) is 13.6. The Hall–Kier alpha value is -2.29. The van der Waals surface area contributed by atoms with E-state index < -0.39 is 0 Å². The predicted molar refractivity (Wildman–Crippen MR) is 107 cm³/mol. The molecule has 2 aromatic rings. The van der Waals surface area contributed by atoms with Crippen LogP contribution in [-0.4, -0.2) is 48.3 Å². The van der Waals surface area contributed by atoms with Gasteiger partial charge >= 0.3 is 0 Å². The molecule has 4 rings (SSSR count). The number of anilines is 1. The molecule has 1 fully saturated rings. The van der Waals surface area contributed by atoms with Crippen molar-refractivity contribution in [2.24, 2.45) is 0 Å². The highest BCUT2D eigenvalue weighted by molar-refractivity contribution is 7.98. The Morgan fingerprint density at radius 1 is 1.36 bits per heavy atom. The number of fused-ring (bicyclic) bond motifs is 2. The van der Waals surface area contributed by atoms with Gasteiger partial charge in [0.05, 0.1) is 36.5 Å². The third-order valence-electron chi connectivity index (χ3n) is 4.81. The van der Waals surface area contributed by atoms with Gasteiger partial charge in [-0.2, -0.15) is 0 Å².